The van der Waals surface area contributed by atoms with E-state index in [0.29, 0.717) is 29.1 Å². The van der Waals surface area contributed by atoms with Crippen molar-refractivity contribution in [3.05, 3.63) is 64.4 Å². The molecule has 1 N–H and O–H groups in total. The second-order valence-corrected chi connectivity index (χ2v) is 6.53. The van der Waals surface area contributed by atoms with Gasteiger partial charge in [0.1, 0.15) is 17.5 Å². The zero-order chi connectivity index (χ0) is 20.3. The number of pyridine rings is 1. The lowest BCUT2D eigenvalue weighted by atomic mass is 10.1. The summed E-state index contributed by atoms with van der Waals surface area (Å²) in [7, 11) is 3.15. The number of rotatable bonds is 6. The summed E-state index contributed by atoms with van der Waals surface area (Å²) >= 11 is 0. The zero-order valence-corrected chi connectivity index (χ0v) is 16.5. The molecule has 0 saturated heterocycles. The third-order valence-electron chi connectivity index (χ3n) is 4.82. The van der Waals surface area contributed by atoms with Crippen molar-refractivity contribution in [3.63, 3.8) is 0 Å². The van der Waals surface area contributed by atoms with E-state index in [2.05, 4.69) is 5.32 Å². The molecule has 1 aromatic heterocycles. The Morgan fingerprint density at radius 3 is 2.43 bits per heavy atom. The average molecular weight is 380 g/mol. The van der Waals surface area contributed by atoms with Gasteiger partial charge in [0.25, 0.3) is 5.56 Å². The number of methoxy groups -OCH3 is 2. The quantitative estimate of drug-likeness (QED) is 0.704. The van der Waals surface area contributed by atoms with E-state index >= 15 is 0 Å². The van der Waals surface area contributed by atoms with Crippen LogP contribution in [0.1, 0.15) is 24.9 Å². The van der Waals surface area contributed by atoms with Gasteiger partial charge >= 0.3 is 0 Å². The van der Waals surface area contributed by atoms with E-state index in [1.165, 1.54) is 4.57 Å². The lowest BCUT2D eigenvalue weighted by molar-refractivity contribution is -0.119. The summed E-state index contributed by atoms with van der Waals surface area (Å²) in [4.78, 5) is 25.9. The van der Waals surface area contributed by atoms with Crippen molar-refractivity contribution in [2.75, 3.05) is 19.5 Å². The first kappa shape index (κ1) is 19.5. The van der Waals surface area contributed by atoms with E-state index in [-0.39, 0.29) is 11.5 Å². The number of amides is 1. The molecule has 0 fully saturated rings. The van der Waals surface area contributed by atoms with Crippen molar-refractivity contribution < 1.29 is 14.3 Å². The monoisotopic (exact) mass is 380 g/mol. The maximum atomic E-state index is 13.0. The molecule has 6 nitrogen and oxygen atoms in total. The van der Waals surface area contributed by atoms with Crippen LogP contribution in [0.25, 0.3) is 10.9 Å². The van der Waals surface area contributed by atoms with Crippen LogP contribution < -0.4 is 20.3 Å². The summed E-state index contributed by atoms with van der Waals surface area (Å²) in [6.45, 7) is 3.76. The number of anilines is 1. The maximum Gasteiger partial charge on any atom is 0.252 e. The summed E-state index contributed by atoms with van der Waals surface area (Å²) in [5.74, 6) is 1.01. The number of aromatic nitrogens is 1. The lowest BCUT2D eigenvalue weighted by Crippen LogP contribution is -2.33. The Balaban J connectivity index is 2.07. The Morgan fingerprint density at radius 2 is 1.82 bits per heavy atom. The van der Waals surface area contributed by atoms with Crippen LogP contribution in [0.3, 0.4) is 0 Å². The predicted octanol–water partition coefficient (Wildman–Crippen LogP) is 3.92. The molecule has 3 rings (SSSR count). The highest BCUT2D eigenvalue weighted by atomic mass is 16.5. The Hall–Kier alpha value is -3.28. The van der Waals surface area contributed by atoms with Gasteiger partial charge in [-0.15, -0.1) is 0 Å². The molecule has 0 saturated carbocycles. The highest BCUT2D eigenvalue weighted by Crippen LogP contribution is 2.29. The SMILES string of the molecule is CCC(C(=O)Nc1ccc(OC)cc1)n1c(=O)cc(C)c2cccc(OC)c21. The van der Waals surface area contributed by atoms with Gasteiger partial charge in [0.05, 0.1) is 19.7 Å². The van der Waals surface area contributed by atoms with Crippen LogP contribution in [-0.2, 0) is 4.79 Å². The highest BCUT2D eigenvalue weighted by Gasteiger charge is 2.24. The van der Waals surface area contributed by atoms with Crippen LogP contribution in [0.5, 0.6) is 11.5 Å². The Kier molecular flexibility index (Phi) is 5.68. The van der Waals surface area contributed by atoms with Gasteiger partial charge in [-0.1, -0.05) is 19.1 Å². The van der Waals surface area contributed by atoms with Crippen molar-refractivity contribution in [2.24, 2.45) is 0 Å². The van der Waals surface area contributed by atoms with Crippen LogP contribution in [0.15, 0.2) is 53.3 Å². The van der Waals surface area contributed by atoms with E-state index in [9.17, 15) is 9.59 Å². The predicted molar refractivity (Wildman–Crippen MR) is 110 cm³/mol. The first-order valence-electron chi connectivity index (χ1n) is 9.14. The second-order valence-electron chi connectivity index (χ2n) is 6.53. The first-order chi connectivity index (χ1) is 13.5. The lowest BCUT2D eigenvalue weighted by Gasteiger charge is -2.22. The Morgan fingerprint density at radius 1 is 1.11 bits per heavy atom. The molecule has 0 radical (unpaired) electrons. The molecule has 0 aliphatic heterocycles. The number of hydrogen-bond acceptors (Lipinski definition) is 4. The van der Waals surface area contributed by atoms with E-state index in [1.807, 2.05) is 26.0 Å². The average Bonchev–Trinajstić information content (AvgIpc) is 2.71. The van der Waals surface area contributed by atoms with Crippen molar-refractivity contribution in [1.29, 1.82) is 0 Å². The van der Waals surface area contributed by atoms with Crippen LogP contribution >= 0.6 is 0 Å². The fourth-order valence-corrected chi connectivity index (χ4v) is 3.39. The first-order valence-corrected chi connectivity index (χ1v) is 9.14. The topological polar surface area (TPSA) is 69.6 Å². The summed E-state index contributed by atoms with van der Waals surface area (Å²) in [5.41, 5.74) is 1.89. The summed E-state index contributed by atoms with van der Waals surface area (Å²) in [6, 6.07) is 13.6. The fraction of sp³-hybridized carbons (Fsp3) is 0.273. The molecule has 1 atom stereocenters. The third kappa shape index (κ3) is 3.58. The minimum Gasteiger partial charge on any atom is -0.497 e. The van der Waals surface area contributed by atoms with Gasteiger partial charge in [-0.2, -0.15) is 0 Å². The van der Waals surface area contributed by atoms with Crippen molar-refractivity contribution >= 4 is 22.5 Å². The molecule has 1 unspecified atom stereocenters. The van der Waals surface area contributed by atoms with E-state index in [0.717, 1.165) is 10.9 Å². The molecule has 1 amide bonds. The van der Waals surface area contributed by atoms with Gasteiger partial charge < -0.3 is 14.8 Å². The van der Waals surface area contributed by atoms with Crippen LogP contribution in [-0.4, -0.2) is 24.7 Å². The number of hydrogen-bond donors (Lipinski definition) is 1. The molecule has 6 heteroatoms. The van der Waals surface area contributed by atoms with Gasteiger partial charge in [-0.3, -0.25) is 14.2 Å². The molecular weight excluding hydrogens is 356 g/mol. The van der Waals surface area contributed by atoms with Crippen LogP contribution in [0.4, 0.5) is 5.69 Å². The number of aryl methyl sites for hydroxylation is 1. The summed E-state index contributed by atoms with van der Waals surface area (Å²) in [5, 5.41) is 3.78. The normalized spacial score (nSPS) is 11.9. The number of benzene rings is 2. The third-order valence-corrected chi connectivity index (χ3v) is 4.82. The summed E-state index contributed by atoms with van der Waals surface area (Å²) in [6.07, 6.45) is 0.456. The van der Waals surface area contributed by atoms with Crippen molar-refractivity contribution in [2.45, 2.75) is 26.3 Å². The maximum absolute atomic E-state index is 13.0. The second kappa shape index (κ2) is 8.17. The number of nitrogens with zero attached hydrogens (tertiary/aromatic N) is 1. The highest BCUT2D eigenvalue weighted by molar-refractivity contribution is 5.96. The van der Waals surface area contributed by atoms with Gasteiger partial charge in [-0.05, 0) is 49.2 Å². The number of nitrogens with one attached hydrogen (secondary N) is 1. The number of carbonyl (C=O) groups is 1. The minimum atomic E-state index is -0.672. The molecule has 3 aromatic rings. The number of ether oxygens (including phenoxy) is 2. The molecule has 146 valence electrons. The molecule has 2 aromatic carbocycles. The van der Waals surface area contributed by atoms with Gasteiger partial charge in [-0.25, -0.2) is 0 Å². The smallest absolute Gasteiger partial charge is 0.252 e. The fourth-order valence-electron chi connectivity index (χ4n) is 3.39. The van der Waals surface area contributed by atoms with E-state index < -0.39 is 6.04 Å². The molecule has 0 aliphatic rings. The van der Waals surface area contributed by atoms with E-state index in [1.54, 1.807) is 50.6 Å². The molecular formula is C22H24N2O4. The van der Waals surface area contributed by atoms with E-state index in [4.69, 9.17) is 9.47 Å². The number of para-hydroxylation sites is 1. The van der Waals surface area contributed by atoms with Gasteiger partial charge in [0.15, 0.2) is 0 Å². The molecule has 28 heavy (non-hydrogen) atoms. The number of fused-ring (bicyclic) bond motifs is 1. The molecule has 1 heterocycles. The minimum absolute atomic E-state index is 0.230. The molecule has 0 aliphatic carbocycles. The van der Waals surface area contributed by atoms with Crippen LogP contribution in [0, 0.1) is 6.92 Å². The largest absolute Gasteiger partial charge is 0.497 e. The number of carbonyl (C=O) groups excluding carboxylic acids is 1. The van der Waals surface area contributed by atoms with Crippen molar-refractivity contribution in [3.8, 4) is 11.5 Å². The Bertz CT molecular complexity index is 1050. The standard InChI is InChI=1S/C22H24N2O4/c1-5-18(22(26)23-15-9-11-16(27-3)12-10-15)24-20(25)13-14(2)17-7-6-8-19(28-4)21(17)24/h6-13,18H,5H2,1-4H3,(H,23,26). The molecule has 0 spiro atoms. The van der Waals surface area contributed by atoms with Crippen molar-refractivity contribution in [1.82, 2.24) is 4.57 Å². The van der Waals surface area contributed by atoms with Gasteiger partial charge in [0, 0.05) is 17.1 Å². The molecule has 0 bridgehead atoms. The summed E-state index contributed by atoms with van der Waals surface area (Å²) < 4.78 is 12.2. The Labute approximate surface area is 163 Å². The zero-order valence-electron chi connectivity index (χ0n) is 16.5. The van der Waals surface area contributed by atoms with Gasteiger partial charge in [0.2, 0.25) is 5.91 Å². The van der Waals surface area contributed by atoms with Crippen LogP contribution in [0.2, 0.25) is 0 Å².